The maximum absolute atomic E-state index is 8.45. The smallest absolute Gasteiger partial charge is 0.0981 e. The topological polar surface area (TPSA) is 33.4 Å². The van der Waals surface area contributed by atoms with E-state index in [0.29, 0.717) is 0 Å². The lowest BCUT2D eigenvalue weighted by Crippen LogP contribution is -2.15. The molecular weight excluding hydrogens is 176 g/mol. The summed E-state index contributed by atoms with van der Waals surface area (Å²) >= 11 is 0. The van der Waals surface area contributed by atoms with Gasteiger partial charge in [-0.25, -0.2) is 0 Å². The monoisotopic (exact) mass is 190 g/mol. The molecule has 2 aromatic rings. The van der Waals surface area contributed by atoms with Gasteiger partial charge < -0.3 is 9.52 Å². The molecule has 0 saturated heterocycles. The van der Waals surface area contributed by atoms with Crippen LogP contribution in [0.4, 0.5) is 0 Å². The molecule has 2 heteroatoms. The Morgan fingerprint density at radius 3 is 1.93 bits per heavy atom. The van der Waals surface area contributed by atoms with Crippen molar-refractivity contribution in [1.29, 1.82) is 0 Å². The molecule has 0 amide bonds. The summed E-state index contributed by atoms with van der Waals surface area (Å²) in [5.74, 6) is 0. The fourth-order valence-corrected chi connectivity index (χ4v) is 1.29. The molecule has 1 aromatic carbocycles. The maximum Gasteiger partial charge on any atom is 0.0981 e. The third-order valence-corrected chi connectivity index (χ3v) is 2.46. The first-order valence-electron chi connectivity index (χ1n) is 4.95. The second-order valence-corrected chi connectivity index (χ2v) is 3.59. The lowest BCUT2D eigenvalue weighted by molar-refractivity contribution is 0.0950. The van der Waals surface area contributed by atoms with Crippen molar-refractivity contribution in [2.45, 2.75) is 25.4 Å². The van der Waals surface area contributed by atoms with Gasteiger partial charge in [-0.15, -0.1) is 0 Å². The molecule has 0 bridgehead atoms. The number of aliphatic hydroxyl groups excluding tert-OH is 1. The van der Waals surface area contributed by atoms with Crippen LogP contribution < -0.4 is 0 Å². The van der Waals surface area contributed by atoms with Crippen molar-refractivity contribution in [3.05, 3.63) is 36.8 Å². The minimum absolute atomic E-state index is 0.0648. The Kier molecular flexibility index (Phi) is 2.84. The molecule has 1 aliphatic carbocycles. The van der Waals surface area contributed by atoms with Crippen LogP contribution in [0.2, 0.25) is 0 Å². The first-order chi connectivity index (χ1) is 6.86. The van der Waals surface area contributed by atoms with Crippen LogP contribution in [-0.2, 0) is 0 Å². The van der Waals surface area contributed by atoms with Crippen molar-refractivity contribution in [3.63, 3.8) is 0 Å². The summed E-state index contributed by atoms with van der Waals surface area (Å²) in [6, 6.07) is 8.05. The predicted molar refractivity (Wildman–Crippen MR) is 56.1 cm³/mol. The zero-order valence-electron chi connectivity index (χ0n) is 8.02. The van der Waals surface area contributed by atoms with Gasteiger partial charge in [0.2, 0.25) is 0 Å². The van der Waals surface area contributed by atoms with Crippen molar-refractivity contribution in [2.75, 3.05) is 0 Å². The van der Waals surface area contributed by atoms with Crippen LogP contribution in [0.1, 0.15) is 19.3 Å². The van der Waals surface area contributed by atoms with Crippen molar-refractivity contribution in [2.24, 2.45) is 0 Å². The number of fused-ring (bicyclic) bond motifs is 1. The molecule has 0 radical (unpaired) electrons. The minimum atomic E-state index is 0.0648. The molecule has 1 saturated carbocycles. The van der Waals surface area contributed by atoms with E-state index in [4.69, 9.17) is 9.52 Å². The number of benzene rings is 1. The molecule has 0 atom stereocenters. The van der Waals surface area contributed by atoms with E-state index >= 15 is 0 Å². The molecule has 1 aliphatic rings. The number of hydrogen-bond acceptors (Lipinski definition) is 2. The summed E-state index contributed by atoms with van der Waals surface area (Å²) in [5.41, 5.74) is 0. The van der Waals surface area contributed by atoms with Gasteiger partial charge in [0.15, 0.2) is 0 Å². The first-order valence-corrected chi connectivity index (χ1v) is 4.95. The third kappa shape index (κ3) is 2.15. The van der Waals surface area contributed by atoms with Crippen LogP contribution >= 0.6 is 0 Å². The van der Waals surface area contributed by atoms with Gasteiger partial charge in [-0.3, -0.25) is 0 Å². The SMILES string of the molecule is OC1CCC1.c1ccc2cocc2c1. The van der Waals surface area contributed by atoms with Gasteiger partial charge in [-0.05, 0) is 19.3 Å². The van der Waals surface area contributed by atoms with Gasteiger partial charge in [-0.1, -0.05) is 24.3 Å². The Labute approximate surface area is 83.2 Å². The molecule has 3 rings (SSSR count). The molecule has 1 fully saturated rings. The van der Waals surface area contributed by atoms with Crippen molar-refractivity contribution in [3.8, 4) is 0 Å². The molecule has 0 unspecified atom stereocenters. The quantitative estimate of drug-likeness (QED) is 0.692. The van der Waals surface area contributed by atoms with Crippen LogP contribution in [0.3, 0.4) is 0 Å². The summed E-state index contributed by atoms with van der Waals surface area (Å²) in [7, 11) is 0. The minimum Gasteiger partial charge on any atom is -0.471 e. The zero-order chi connectivity index (χ0) is 9.80. The fraction of sp³-hybridized carbons (Fsp3) is 0.333. The molecule has 1 N–H and O–H groups in total. The van der Waals surface area contributed by atoms with Crippen LogP contribution in [0.25, 0.3) is 10.8 Å². The summed E-state index contributed by atoms with van der Waals surface area (Å²) in [4.78, 5) is 0. The lowest BCUT2D eigenvalue weighted by atomic mass is 9.97. The normalized spacial score (nSPS) is 15.8. The number of rotatable bonds is 0. The van der Waals surface area contributed by atoms with E-state index in [1.54, 1.807) is 12.5 Å². The first kappa shape index (κ1) is 9.28. The largest absolute Gasteiger partial charge is 0.471 e. The molecule has 74 valence electrons. The number of aliphatic hydroxyl groups is 1. The standard InChI is InChI=1S/C8H6O.C4H8O/c1-2-4-8-6-9-5-7(8)3-1;5-4-2-1-3-4/h1-6H;4-5H,1-3H2. The average Bonchev–Trinajstić information content (AvgIpc) is 2.63. The molecule has 1 aromatic heterocycles. The molecule has 0 spiro atoms. The van der Waals surface area contributed by atoms with Gasteiger partial charge in [0.05, 0.1) is 18.6 Å². The Morgan fingerprint density at radius 1 is 1.07 bits per heavy atom. The highest BCUT2D eigenvalue weighted by Crippen LogP contribution is 2.16. The second kappa shape index (κ2) is 4.29. The van der Waals surface area contributed by atoms with Gasteiger partial charge in [0, 0.05) is 10.8 Å². The Hall–Kier alpha value is -1.28. The van der Waals surface area contributed by atoms with Gasteiger partial charge in [-0.2, -0.15) is 0 Å². The van der Waals surface area contributed by atoms with Crippen molar-refractivity contribution >= 4 is 10.8 Å². The zero-order valence-corrected chi connectivity index (χ0v) is 8.02. The average molecular weight is 190 g/mol. The van der Waals surface area contributed by atoms with E-state index in [1.807, 2.05) is 24.3 Å². The Morgan fingerprint density at radius 2 is 1.57 bits per heavy atom. The Bertz CT molecular complexity index is 358. The van der Waals surface area contributed by atoms with Crippen molar-refractivity contribution in [1.82, 2.24) is 0 Å². The Balaban J connectivity index is 0.000000128. The fourth-order valence-electron chi connectivity index (χ4n) is 1.29. The highest BCUT2D eigenvalue weighted by atomic mass is 16.3. The molecule has 2 nitrogen and oxygen atoms in total. The molecular formula is C12H14O2. The van der Waals surface area contributed by atoms with Gasteiger partial charge >= 0.3 is 0 Å². The summed E-state index contributed by atoms with van der Waals surface area (Å²) in [6.07, 6.45) is 6.88. The predicted octanol–water partition coefficient (Wildman–Crippen LogP) is 2.96. The second-order valence-electron chi connectivity index (χ2n) is 3.59. The number of hydrogen-bond donors (Lipinski definition) is 1. The maximum atomic E-state index is 8.45. The summed E-state index contributed by atoms with van der Waals surface area (Å²) in [6.45, 7) is 0. The summed E-state index contributed by atoms with van der Waals surface area (Å²) in [5, 5.41) is 10.8. The van der Waals surface area contributed by atoms with E-state index in [1.165, 1.54) is 6.42 Å². The van der Waals surface area contributed by atoms with E-state index in [0.717, 1.165) is 23.6 Å². The van der Waals surface area contributed by atoms with E-state index in [-0.39, 0.29) is 6.10 Å². The van der Waals surface area contributed by atoms with E-state index < -0.39 is 0 Å². The summed E-state index contributed by atoms with van der Waals surface area (Å²) < 4.78 is 4.96. The van der Waals surface area contributed by atoms with Crippen LogP contribution in [0.5, 0.6) is 0 Å². The van der Waals surface area contributed by atoms with Crippen LogP contribution in [0, 0.1) is 0 Å². The van der Waals surface area contributed by atoms with Crippen molar-refractivity contribution < 1.29 is 9.52 Å². The van der Waals surface area contributed by atoms with E-state index in [9.17, 15) is 0 Å². The highest BCUT2D eigenvalue weighted by Gasteiger charge is 2.11. The highest BCUT2D eigenvalue weighted by molar-refractivity contribution is 5.80. The molecule has 14 heavy (non-hydrogen) atoms. The van der Waals surface area contributed by atoms with Crippen LogP contribution in [-0.4, -0.2) is 11.2 Å². The molecule has 0 aliphatic heterocycles. The number of furan rings is 1. The third-order valence-electron chi connectivity index (χ3n) is 2.46. The lowest BCUT2D eigenvalue weighted by Gasteiger charge is -2.17. The van der Waals surface area contributed by atoms with Crippen LogP contribution in [0.15, 0.2) is 41.2 Å². The van der Waals surface area contributed by atoms with Gasteiger partial charge in [0.1, 0.15) is 0 Å². The van der Waals surface area contributed by atoms with E-state index in [2.05, 4.69) is 0 Å². The van der Waals surface area contributed by atoms with Gasteiger partial charge in [0.25, 0.3) is 0 Å². The molecule has 1 heterocycles.